The number of carbonyl (C=O) groups is 3. The van der Waals surface area contributed by atoms with Crippen LogP contribution in [0, 0.1) is 0 Å². The molecule has 0 radical (unpaired) electrons. The predicted molar refractivity (Wildman–Crippen MR) is 112 cm³/mol. The SMILES string of the molecule is CNC(=O)NC(=O)C(C)OC(=O)c1ccc(S(=O)(=O)N2CCc3ccccc3C2)cc1. The third-order valence-corrected chi connectivity index (χ3v) is 6.80. The lowest BCUT2D eigenvalue weighted by Gasteiger charge is -2.28. The number of nitrogens with one attached hydrogen (secondary N) is 2. The number of hydrogen-bond donors (Lipinski definition) is 2. The van der Waals surface area contributed by atoms with Crippen molar-refractivity contribution >= 4 is 27.9 Å². The van der Waals surface area contributed by atoms with Crippen molar-refractivity contribution in [2.45, 2.75) is 30.9 Å². The molecule has 0 bridgehead atoms. The van der Waals surface area contributed by atoms with E-state index < -0.39 is 34.0 Å². The monoisotopic (exact) mass is 445 g/mol. The lowest BCUT2D eigenvalue weighted by atomic mass is 10.0. The zero-order valence-corrected chi connectivity index (χ0v) is 17.9. The number of hydrogen-bond acceptors (Lipinski definition) is 6. The maximum Gasteiger partial charge on any atom is 0.338 e. The molecule has 1 aliphatic rings. The van der Waals surface area contributed by atoms with Crippen LogP contribution in [0.4, 0.5) is 4.79 Å². The number of nitrogens with zero attached hydrogens (tertiary/aromatic N) is 1. The number of fused-ring (bicyclic) bond motifs is 1. The van der Waals surface area contributed by atoms with Gasteiger partial charge in [-0.1, -0.05) is 24.3 Å². The van der Waals surface area contributed by atoms with Gasteiger partial charge < -0.3 is 10.1 Å². The van der Waals surface area contributed by atoms with Gasteiger partial charge in [0.1, 0.15) is 0 Å². The van der Waals surface area contributed by atoms with E-state index >= 15 is 0 Å². The van der Waals surface area contributed by atoms with E-state index in [0.717, 1.165) is 11.1 Å². The zero-order chi connectivity index (χ0) is 22.6. The number of rotatable bonds is 5. The van der Waals surface area contributed by atoms with Gasteiger partial charge in [-0.2, -0.15) is 4.31 Å². The van der Waals surface area contributed by atoms with E-state index in [1.807, 2.05) is 29.6 Å². The van der Waals surface area contributed by atoms with Crippen molar-refractivity contribution in [2.24, 2.45) is 0 Å². The molecule has 31 heavy (non-hydrogen) atoms. The molecule has 1 atom stereocenters. The third kappa shape index (κ3) is 5.09. The fraction of sp³-hybridized carbons (Fsp3) is 0.286. The summed E-state index contributed by atoms with van der Waals surface area (Å²) in [6.07, 6.45) is -0.572. The van der Waals surface area contributed by atoms with Crippen molar-refractivity contribution in [1.29, 1.82) is 0 Å². The van der Waals surface area contributed by atoms with Crippen LogP contribution in [0.2, 0.25) is 0 Å². The molecule has 2 aromatic carbocycles. The molecule has 1 heterocycles. The van der Waals surface area contributed by atoms with Crippen LogP contribution in [0.25, 0.3) is 0 Å². The summed E-state index contributed by atoms with van der Waals surface area (Å²) in [5, 5.41) is 4.22. The minimum atomic E-state index is -3.73. The first-order chi connectivity index (χ1) is 14.7. The maximum absolute atomic E-state index is 13.0. The number of sulfonamides is 1. The Morgan fingerprint density at radius 2 is 1.68 bits per heavy atom. The molecule has 2 N–H and O–H groups in total. The summed E-state index contributed by atoms with van der Waals surface area (Å²) >= 11 is 0. The van der Waals surface area contributed by atoms with Gasteiger partial charge >= 0.3 is 12.0 Å². The van der Waals surface area contributed by atoms with Crippen LogP contribution in [0.15, 0.2) is 53.4 Å². The van der Waals surface area contributed by atoms with Crippen LogP contribution in [-0.4, -0.2) is 50.3 Å². The Bertz CT molecular complexity index is 1100. The normalized spacial score (nSPS) is 14.8. The molecule has 0 fully saturated rings. The molecule has 164 valence electrons. The molecule has 1 aliphatic heterocycles. The molecule has 9 nitrogen and oxygen atoms in total. The quantitative estimate of drug-likeness (QED) is 0.672. The molecular weight excluding hydrogens is 422 g/mol. The fourth-order valence-electron chi connectivity index (χ4n) is 3.15. The first-order valence-corrected chi connectivity index (χ1v) is 11.1. The van der Waals surface area contributed by atoms with Crippen molar-refractivity contribution in [1.82, 2.24) is 14.9 Å². The molecule has 2 aromatic rings. The van der Waals surface area contributed by atoms with Gasteiger partial charge in [0.15, 0.2) is 6.10 Å². The Morgan fingerprint density at radius 3 is 2.32 bits per heavy atom. The molecule has 10 heteroatoms. The van der Waals surface area contributed by atoms with Crippen molar-refractivity contribution in [3.8, 4) is 0 Å². The van der Waals surface area contributed by atoms with Crippen LogP contribution in [0.5, 0.6) is 0 Å². The topological polar surface area (TPSA) is 122 Å². The summed E-state index contributed by atoms with van der Waals surface area (Å²) < 4.78 is 32.4. The van der Waals surface area contributed by atoms with E-state index in [2.05, 4.69) is 5.32 Å². The lowest BCUT2D eigenvalue weighted by Crippen LogP contribution is -2.43. The molecule has 1 unspecified atom stereocenters. The van der Waals surface area contributed by atoms with E-state index in [1.165, 1.54) is 42.5 Å². The van der Waals surface area contributed by atoms with Crippen molar-refractivity contribution in [3.05, 3.63) is 65.2 Å². The molecule has 0 saturated carbocycles. The largest absolute Gasteiger partial charge is 0.449 e. The van der Waals surface area contributed by atoms with Crippen LogP contribution in [-0.2, 0) is 32.5 Å². The van der Waals surface area contributed by atoms with Crippen LogP contribution >= 0.6 is 0 Å². The van der Waals surface area contributed by atoms with E-state index in [-0.39, 0.29) is 10.5 Å². The van der Waals surface area contributed by atoms with Gasteiger partial charge in [-0.15, -0.1) is 0 Å². The van der Waals surface area contributed by atoms with E-state index in [0.29, 0.717) is 19.5 Å². The summed E-state index contributed by atoms with van der Waals surface area (Å²) in [7, 11) is -2.38. The first kappa shape index (κ1) is 22.4. The number of benzene rings is 2. The van der Waals surface area contributed by atoms with Crippen molar-refractivity contribution < 1.29 is 27.5 Å². The molecule has 0 spiro atoms. The average Bonchev–Trinajstić information content (AvgIpc) is 2.78. The highest BCUT2D eigenvalue weighted by Gasteiger charge is 2.28. The second kappa shape index (κ2) is 9.27. The molecule has 3 amide bonds. The Balaban J connectivity index is 1.67. The summed E-state index contributed by atoms with van der Waals surface area (Å²) in [5.41, 5.74) is 2.20. The molecule has 0 aliphatic carbocycles. The molecule has 0 aromatic heterocycles. The number of carbonyl (C=O) groups excluding carboxylic acids is 3. The van der Waals surface area contributed by atoms with Gasteiger partial charge in [0, 0.05) is 20.1 Å². The van der Waals surface area contributed by atoms with Gasteiger partial charge in [0.25, 0.3) is 5.91 Å². The highest BCUT2D eigenvalue weighted by Crippen LogP contribution is 2.25. The van der Waals surface area contributed by atoms with E-state index in [9.17, 15) is 22.8 Å². The number of esters is 1. The lowest BCUT2D eigenvalue weighted by molar-refractivity contribution is -0.127. The highest BCUT2D eigenvalue weighted by molar-refractivity contribution is 7.89. The fourth-order valence-corrected chi connectivity index (χ4v) is 4.56. The van der Waals surface area contributed by atoms with Gasteiger partial charge in [-0.3, -0.25) is 10.1 Å². The zero-order valence-electron chi connectivity index (χ0n) is 17.1. The Kier molecular flexibility index (Phi) is 6.71. The predicted octanol–water partition coefficient (Wildman–Crippen LogP) is 1.43. The van der Waals surface area contributed by atoms with Gasteiger partial charge in [-0.25, -0.2) is 18.0 Å². The summed E-state index contributed by atoms with van der Waals surface area (Å²) in [6.45, 7) is 1.99. The number of ether oxygens (including phenoxy) is 1. The summed E-state index contributed by atoms with van der Waals surface area (Å²) in [4.78, 5) is 35.3. The van der Waals surface area contributed by atoms with E-state index in [1.54, 1.807) is 0 Å². The van der Waals surface area contributed by atoms with Gasteiger partial charge in [-0.05, 0) is 48.7 Å². The Hall–Kier alpha value is -3.24. The summed E-state index contributed by atoms with van der Waals surface area (Å²) in [6, 6.07) is 12.3. The Morgan fingerprint density at radius 1 is 1.03 bits per heavy atom. The number of urea groups is 1. The second-order valence-corrected chi connectivity index (χ2v) is 8.94. The van der Waals surface area contributed by atoms with E-state index in [4.69, 9.17) is 4.74 Å². The minimum Gasteiger partial charge on any atom is -0.449 e. The third-order valence-electron chi connectivity index (χ3n) is 4.94. The summed E-state index contributed by atoms with van der Waals surface area (Å²) in [5.74, 6) is -1.59. The molecule has 3 rings (SSSR count). The smallest absolute Gasteiger partial charge is 0.338 e. The highest BCUT2D eigenvalue weighted by atomic mass is 32.2. The maximum atomic E-state index is 13.0. The van der Waals surface area contributed by atoms with Crippen LogP contribution in [0.1, 0.15) is 28.4 Å². The number of imide groups is 1. The van der Waals surface area contributed by atoms with Gasteiger partial charge in [0.05, 0.1) is 10.5 Å². The minimum absolute atomic E-state index is 0.0637. The second-order valence-electron chi connectivity index (χ2n) is 7.00. The average molecular weight is 445 g/mol. The van der Waals surface area contributed by atoms with Gasteiger partial charge in [0.2, 0.25) is 10.0 Å². The van der Waals surface area contributed by atoms with Crippen LogP contribution in [0.3, 0.4) is 0 Å². The van der Waals surface area contributed by atoms with Crippen molar-refractivity contribution in [3.63, 3.8) is 0 Å². The molecular formula is C21H23N3O6S. The van der Waals surface area contributed by atoms with Crippen LogP contribution < -0.4 is 10.6 Å². The number of amides is 3. The first-order valence-electron chi connectivity index (χ1n) is 9.63. The molecule has 0 saturated heterocycles. The van der Waals surface area contributed by atoms with Crippen molar-refractivity contribution in [2.75, 3.05) is 13.6 Å². The standard InChI is InChI=1S/C21H23N3O6S/c1-14(19(25)23-21(27)22-2)30-20(26)16-7-9-18(10-8-16)31(28,29)24-12-11-15-5-3-4-6-17(15)13-24/h3-10,14H,11-13H2,1-2H3,(H2,22,23,25,27). The Labute approximate surface area is 180 Å².